The highest BCUT2D eigenvalue weighted by Gasteiger charge is 2.32. The first-order valence-electron chi connectivity index (χ1n) is 6.22. The molecule has 0 aromatic heterocycles. The van der Waals surface area contributed by atoms with E-state index in [-0.39, 0.29) is 5.60 Å². The van der Waals surface area contributed by atoms with Gasteiger partial charge in [0, 0.05) is 21.8 Å². The van der Waals surface area contributed by atoms with Gasteiger partial charge in [-0.15, -0.1) is 0 Å². The molecular formula is C14H18Br2O2. The highest BCUT2D eigenvalue weighted by molar-refractivity contribution is 9.10. The Morgan fingerprint density at radius 2 is 2.11 bits per heavy atom. The lowest BCUT2D eigenvalue weighted by Crippen LogP contribution is -2.24. The largest absolute Gasteiger partial charge is 0.490 e. The normalized spacial score (nSPS) is 16.2. The monoisotopic (exact) mass is 376 g/mol. The van der Waals surface area contributed by atoms with Gasteiger partial charge in [-0.2, -0.15) is 0 Å². The summed E-state index contributed by atoms with van der Waals surface area (Å²) < 4.78 is 12.9. The van der Waals surface area contributed by atoms with Crippen molar-refractivity contribution in [3.8, 4) is 11.5 Å². The summed E-state index contributed by atoms with van der Waals surface area (Å²) in [7, 11) is 0. The third-order valence-corrected chi connectivity index (χ3v) is 3.90. The average Bonchev–Trinajstić information content (AvgIpc) is 2.58. The Morgan fingerprint density at radius 3 is 2.83 bits per heavy atom. The van der Waals surface area contributed by atoms with Crippen LogP contribution in [0.25, 0.3) is 0 Å². The maximum Gasteiger partial charge on any atom is 0.165 e. The van der Waals surface area contributed by atoms with Crippen LogP contribution in [0.1, 0.15) is 32.3 Å². The number of rotatable bonds is 5. The van der Waals surface area contributed by atoms with E-state index >= 15 is 0 Å². The summed E-state index contributed by atoms with van der Waals surface area (Å²) in [5.41, 5.74) is 1.10. The molecule has 0 atom stereocenters. The van der Waals surface area contributed by atoms with Crippen LogP contribution in [0.3, 0.4) is 0 Å². The lowest BCUT2D eigenvalue weighted by Gasteiger charge is -2.18. The van der Waals surface area contributed by atoms with Gasteiger partial charge in [-0.05, 0) is 38.8 Å². The molecule has 4 heteroatoms. The molecule has 18 heavy (non-hydrogen) atoms. The molecule has 0 bridgehead atoms. The van der Waals surface area contributed by atoms with Gasteiger partial charge in [0.2, 0.25) is 0 Å². The summed E-state index contributed by atoms with van der Waals surface area (Å²) >= 11 is 6.96. The summed E-state index contributed by atoms with van der Waals surface area (Å²) in [4.78, 5) is 0. The maximum atomic E-state index is 5.98. The van der Waals surface area contributed by atoms with Crippen LogP contribution < -0.4 is 9.47 Å². The Balaban J connectivity index is 2.12. The van der Waals surface area contributed by atoms with Gasteiger partial charge in [0.1, 0.15) is 5.60 Å². The van der Waals surface area contributed by atoms with Crippen LogP contribution in [-0.4, -0.2) is 17.5 Å². The molecule has 1 aliphatic rings. The van der Waals surface area contributed by atoms with Crippen molar-refractivity contribution in [3.63, 3.8) is 0 Å². The van der Waals surface area contributed by atoms with Crippen LogP contribution in [0.2, 0.25) is 0 Å². The van der Waals surface area contributed by atoms with Gasteiger partial charge >= 0.3 is 0 Å². The number of hydrogen-bond acceptors (Lipinski definition) is 2. The first kappa shape index (κ1) is 14.2. The Kier molecular flexibility index (Phi) is 4.59. The van der Waals surface area contributed by atoms with Crippen molar-refractivity contribution in [1.82, 2.24) is 0 Å². The molecule has 1 aromatic carbocycles. The quantitative estimate of drug-likeness (QED) is 0.546. The van der Waals surface area contributed by atoms with Crippen LogP contribution in [0.15, 0.2) is 16.6 Å². The molecule has 1 aliphatic heterocycles. The second-order valence-corrected chi connectivity index (χ2v) is 6.88. The number of unbranched alkanes of at least 4 members (excludes halogenated alkanes) is 1. The topological polar surface area (TPSA) is 18.5 Å². The predicted octanol–water partition coefficient (Wildman–Crippen LogP) is 4.72. The van der Waals surface area contributed by atoms with Crippen molar-refractivity contribution in [2.75, 3.05) is 11.9 Å². The number of hydrogen-bond donors (Lipinski definition) is 0. The van der Waals surface area contributed by atoms with E-state index in [0.717, 1.165) is 47.2 Å². The van der Waals surface area contributed by atoms with Gasteiger partial charge in [-0.3, -0.25) is 0 Å². The fourth-order valence-electron chi connectivity index (χ4n) is 2.13. The smallest absolute Gasteiger partial charge is 0.165 e. The molecule has 0 N–H and O–H groups in total. The van der Waals surface area contributed by atoms with Crippen LogP contribution >= 0.6 is 31.9 Å². The summed E-state index contributed by atoms with van der Waals surface area (Å²) in [6, 6.07) is 4.11. The highest BCUT2D eigenvalue weighted by atomic mass is 79.9. The molecule has 0 amide bonds. The van der Waals surface area contributed by atoms with Crippen molar-refractivity contribution in [2.24, 2.45) is 0 Å². The van der Waals surface area contributed by atoms with Crippen LogP contribution in [0.5, 0.6) is 11.5 Å². The van der Waals surface area contributed by atoms with Crippen molar-refractivity contribution >= 4 is 31.9 Å². The minimum Gasteiger partial charge on any atom is -0.490 e. The van der Waals surface area contributed by atoms with E-state index in [9.17, 15) is 0 Å². The lowest BCUT2D eigenvalue weighted by molar-refractivity contribution is 0.132. The summed E-state index contributed by atoms with van der Waals surface area (Å²) in [6.07, 6.45) is 3.11. The first-order chi connectivity index (χ1) is 8.52. The van der Waals surface area contributed by atoms with E-state index in [1.165, 1.54) is 5.56 Å². The molecule has 0 fully saturated rings. The van der Waals surface area contributed by atoms with Gasteiger partial charge in [-0.1, -0.05) is 31.9 Å². The van der Waals surface area contributed by atoms with Gasteiger partial charge in [0.15, 0.2) is 11.5 Å². The summed E-state index contributed by atoms with van der Waals surface area (Å²) in [6.45, 7) is 4.95. The third kappa shape index (κ3) is 3.41. The van der Waals surface area contributed by atoms with Crippen LogP contribution in [-0.2, 0) is 6.42 Å². The highest BCUT2D eigenvalue weighted by Crippen LogP contribution is 2.43. The van der Waals surface area contributed by atoms with Gasteiger partial charge in [-0.25, -0.2) is 0 Å². The number of ether oxygens (including phenoxy) is 2. The molecule has 100 valence electrons. The van der Waals surface area contributed by atoms with E-state index in [1.807, 2.05) is 6.07 Å². The van der Waals surface area contributed by atoms with E-state index in [1.54, 1.807) is 0 Å². The standard InChI is InChI=1S/C14H18Br2O2/c1-14(2)9-10-7-11(16)8-12(13(10)18-14)17-6-4-3-5-15/h7-8H,3-6,9H2,1-2H3. The molecule has 0 radical (unpaired) electrons. The molecule has 0 saturated heterocycles. The average molecular weight is 378 g/mol. The number of halogens is 2. The third-order valence-electron chi connectivity index (χ3n) is 2.88. The van der Waals surface area contributed by atoms with E-state index in [0.29, 0.717) is 0 Å². The molecule has 2 nitrogen and oxygen atoms in total. The van der Waals surface area contributed by atoms with E-state index < -0.39 is 0 Å². The Bertz CT molecular complexity index is 430. The number of fused-ring (bicyclic) bond motifs is 1. The molecule has 0 saturated carbocycles. The van der Waals surface area contributed by atoms with E-state index in [2.05, 4.69) is 51.8 Å². The Labute approximate surface area is 125 Å². The van der Waals surface area contributed by atoms with Crippen molar-refractivity contribution < 1.29 is 9.47 Å². The molecule has 0 unspecified atom stereocenters. The van der Waals surface area contributed by atoms with Crippen LogP contribution in [0, 0.1) is 0 Å². The van der Waals surface area contributed by atoms with Crippen molar-refractivity contribution in [3.05, 3.63) is 22.2 Å². The minimum absolute atomic E-state index is 0.128. The second-order valence-electron chi connectivity index (χ2n) is 5.18. The summed E-state index contributed by atoms with van der Waals surface area (Å²) in [5.74, 6) is 1.78. The zero-order valence-electron chi connectivity index (χ0n) is 10.8. The van der Waals surface area contributed by atoms with Crippen molar-refractivity contribution in [1.29, 1.82) is 0 Å². The molecule has 2 rings (SSSR count). The lowest BCUT2D eigenvalue weighted by atomic mass is 10.0. The second kappa shape index (κ2) is 5.83. The zero-order valence-corrected chi connectivity index (χ0v) is 13.9. The predicted molar refractivity (Wildman–Crippen MR) is 81.1 cm³/mol. The van der Waals surface area contributed by atoms with Gasteiger partial charge in [0.05, 0.1) is 6.61 Å². The van der Waals surface area contributed by atoms with Crippen molar-refractivity contribution in [2.45, 2.75) is 38.7 Å². The fourth-order valence-corrected chi connectivity index (χ4v) is 3.01. The molecule has 0 aliphatic carbocycles. The molecule has 0 spiro atoms. The van der Waals surface area contributed by atoms with Gasteiger partial charge in [0.25, 0.3) is 0 Å². The number of benzene rings is 1. The Morgan fingerprint density at radius 1 is 1.33 bits per heavy atom. The maximum absolute atomic E-state index is 5.98. The number of alkyl halides is 1. The molecule has 1 aromatic rings. The van der Waals surface area contributed by atoms with Crippen LogP contribution in [0.4, 0.5) is 0 Å². The molecule has 1 heterocycles. The van der Waals surface area contributed by atoms with Gasteiger partial charge < -0.3 is 9.47 Å². The minimum atomic E-state index is -0.128. The van der Waals surface area contributed by atoms with E-state index in [4.69, 9.17) is 9.47 Å². The zero-order chi connectivity index (χ0) is 13.2. The SMILES string of the molecule is CC1(C)Cc2cc(Br)cc(OCCCCBr)c2O1. The summed E-state index contributed by atoms with van der Waals surface area (Å²) in [5, 5.41) is 1.02. The molecular weight excluding hydrogens is 360 g/mol. The fraction of sp³-hybridized carbons (Fsp3) is 0.571. The Hall–Kier alpha value is -0.220. The first-order valence-corrected chi connectivity index (χ1v) is 8.13.